The summed E-state index contributed by atoms with van der Waals surface area (Å²) in [6.07, 6.45) is 5.53. The maximum Gasteiger partial charge on any atom is 0.219 e. The lowest BCUT2D eigenvalue weighted by Gasteiger charge is -2.16. The van der Waals surface area contributed by atoms with E-state index in [0.29, 0.717) is 35.1 Å². The monoisotopic (exact) mass is 438 g/mol. The number of ketones is 2. The molecule has 32 heavy (non-hydrogen) atoms. The van der Waals surface area contributed by atoms with Crippen molar-refractivity contribution in [2.45, 2.75) is 52.4 Å². The first-order valence-corrected chi connectivity index (χ1v) is 11.1. The Balaban J connectivity index is 0.000000273. The number of benzene rings is 2. The first-order valence-electron chi connectivity index (χ1n) is 11.1. The van der Waals surface area contributed by atoms with Gasteiger partial charge >= 0.3 is 0 Å². The Hall–Kier alpha value is -3.28. The van der Waals surface area contributed by atoms with Crippen LogP contribution in [0.2, 0.25) is 0 Å². The molecule has 1 aliphatic carbocycles. The summed E-state index contributed by atoms with van der Waals surface area (Å²) in [5.41, 5.74) is 2.02. The summed E-state index contributed by atoms with van der Waals surface area (Å²) in [6, 6.07) is 13.9. The summed E-state index contributed by atoms with van der Waals surface area (Å²) < 4.78 is 0. The van der Waals surface area contributed by atoms with Gasteiger partial charge in [0.25, 0.3) is 0 Å². The number of unbranched alkanes of at least 4 members (excludes halogenated alkanes) is 2. The minimum absolute atomic E-state index is 0.0641. The molecule has 1 aliphatic rings. The third kappa shape index (κ3) is 8.10. The lowest BCUT2D eigenvalue weighted by Crippen LogP contribution is -2.20. The van der Waals surface area contributed by atoms with Gasteiger partial charge < -0.3 is 10.6 Å². The fourth-order valence-electron chi connectivity index (χ4n) is 2.97. The van der Waals surface area contributed by atoms with Gasteiger partial charge in [-0.3, -0.25) is 19.2 Å². The number of carbonyl (C=O) groups is 4. The van der Waals surface area contributed by atoms with Gasteiger partial charge in [0, 0.05) is 49.2 Å². The van der Waals surface area contributed by atoms with Crippen molar-refractivity contribution in [1.82, 2.24) is 10.6 Å². The van der Waals surface area contributed by atoms with Crippen molar-refractivity contribution in [2.24, 2.45) is 0 Å². The van der Waals surface area contributed by atoms with Crippen molar-refractivity contribution in [3.05, 3.63) is 70.8 Å². The standard InChI is InChI=1S/C14H8O2.2C6H13NO/c15-13-9-5-1-2-6-10(9)14(16)12-8-4-3-7-11(12)13;2*1-3-4-5-6(8)7-2/h1-8H;2*3-5H2,1-2H3,(H,7,8). The molecule has 6 heteroatoms. The van der Waals surface area contributed by atoms with Crippen LogP contribution in [0.4, 0.5) is 0 Å². The second-order valence-corrected chi connectivity index (χ2v) is 7.30. The molecule has 2 amide bonds. The van der Waals surface area contributed by atoms with Gasteiger partial charge in [-0.05, 0) is 12.8 Å². The quantitative estimate of drug-likeness (QED) is 0.600. The average Bonchev–Trinajstić information content (AvgIpc) is 2.85. The summed E-state index contributed by atoms with van der Waals surface area (Å²) in [5, 5.41) is 5.12. The topological polar surface area (TPSA) is 92.3 Å². The molecule has 0 bridgehead atoms. The zero-order chi connectivity index (χ0) is 23.9. The minimum Gasteiger partial charge on any atom is -0.359 e. The lowest BCUT2D eigenvalue weighted by atomic mass is 9.84. The largest absolute Gasteiger partial charge is 0.359 e. The van der Waals surface area contributed by atoms with Crippen molar-refractivity contribution in [3.63, 3.8) is 0 Å². The van der Waals surface area contributed by atoms with Gasteiger partial charge in [0.1, 0.15) is 0 Å². The number of hydrogen-bond acceptors (Lipinski definition) is 4. The van der Waals surface area contributed by atoms with Crippen LogP contribution in [0.3, 0.4) is 0 Å². The van der Waals surface area contributed by atoms with Crippen LogP contribution in [0.15, 0.2) is 48.5 Å². The molecule has 6 nitrogen and oxygen atoms in total. The van der Waals surface area contributed by atoms with Crippen molar-refractivity contribution < 1.29 is 19.2 Å². The molecule has 172 valence electrons. The van der Waals surface area contributed by atoms with E-state index in [4.69, 9.17) is 0 Å². The average molecular weight is 439 g/mol. The van der Waals surface area contributed by atoms with E-state index >= 15 is 0 Å². The summed E-state index contributed by atoms with van der Waals surface area (Å²) in [4.78, 5) is 45.1. The van der Waals surface area contributed by atoms with E-state index < -0.39 is 0 Å². The van der Waals surface area contributed by atoms with Gasteiger partial charge in [-0.1, -0.05) is 75.2 Å². The van der Waals surface area contributed by atoms with Crippen LogP contribution in [-0.2, 0) is 9.59 Å². The summed E-state index contributed by atoms with van der Waals surface area (Å²) in [7, 11) is 3.33. The molecule has 0 saturated carbocycles. The first kappa shape index (κ1) is 26.8. The van der Waals surface area contributed by atoms with E-state index in [1.54, 1.807) is 62.6 Å². The van der Waals surface area contributed by atoms with E-state index in [-0.39, 0.29) is 23.4 Å². The van der Waals surface area contributed by atoms with Crippen LogP contribution in [-0.4, -0.2) is 37.5 Å². The third-order valence-electron chi connectivity index (χ3n) is 4.91. The number of amides is 2. The second kappa shape index (κ2) is 14.7. The molecule has 0 atom stereocenters. The van der Waals surface area contributed by atoms with Gasteiger partial charge in [-0.15, -0.1) is 0 Å². The van der Waals surface area contributed by atoms with E-state index in [1.807, 2.05) is 0 Å². The molecule has 0 spiro atoms. The van der Waals surface area contributed by atoms with Crippen molar-refractivity contribution in [1.29, 1.82) is 0 Å². The highest BCUT2D eigenvalue weighted by Crippen LogP contribution is 2.26. The van der Waals surface area contributed by atoms with Crippen LogP contribution >= 0.6 is 0 Å². The molecular formula is C26H34N2O4. The number of rotatable bonds is 6. The molecular weight excluding hydrogens is 404 g/mol. The minimum atomic E-state index is -0.0641. The summed E-state index contributed by atoms with van der Waals surface area (Å²) in [5.74, 6) is 0.162. The number of hydrogen-bond donors (Lipinski definition) is 2. The smallest absolute Gasteiger partial charge is 0.219 e. The first-order chi connectivity index (χ1) is 15.4. The Morgan fingerprint density at radius 3 is 1.12 bits per heavy atom. The highest BCUT2D eigenvalue weighted by Gasteiger charge is 2.28. The lowest BCUT2D eigenvalue weighted by molar-refractivity contribution is -0.121. The Labute approximate surface area is 190 Å². The van der Waals surface area contributed by atoms with Crippen LogP contribution < -0.4 is 10.6 Å². The molecule has 0 fully saturated rings. The molecule has 0 unspecified atom stereocenters. The normalized spacial score (nSPS) is 11.0. The zero-order valence-corrected chi connectivity index (χ0v) is 19.5. The van der Waals surface area contributed by atoms with Gasteiger partial charge in [-0.25, -0.2) is 0 Å². The van der Waals surface area contributed by atoms with Crippen molar-refractivity contribution in [2.75, 3.05) is 14.1 Å². The van der Waals surface area contributed by atoms with E-state index in [1.165, 1.54) is 0 Å². The molecule has 2 aromatic rings. The SMILES string of the molecule is CCCCC(=O)NC.CCCCC(=O)NC.O=C1c2ccccc2C(=O)c2ccccc21. The fraction of sp³-hybridized carbons (Fsp3) is 0.385. The maximum atomic E-state index is 12.1. The van der Waals surface area contributed by atoms with Gasteiger partial charge in [0.05, 0.1) is 0 Å². The molecule has 2 N–H and O–H groups in total. The Morgan fingerprint density at radius 2 is 0.906 bits per heavy atom. The van der Waals surface area contributed by atoms with E-state index in [2.05, 4.69) is 24.5 Å². The Kier molecular flexibility index (Phi) is 12.3. The van der Waals surface area contributed by atoms with Crippen LogP contribution in [0.1, 0.15) is 84.2 Å². The Morgan fingerprint density at radius 1 is 0.625 bits per heavy atom. The number of carbonyl (C=O) groups excluding carboxylic acids is 4. The predicted molar refractivity (Wildman–Crippen MR) is 127 cm³/mol. The van der Waals surface area contributed by atoms with Gasteiger partial charge in [0.2, 0.25) is 11.8 Å². The predicted octanol–water partition coefficient (Wildman–Crippen LogP) is 4.31. The van der Waals surface area contributed by atoms with Gasteiger partial charge in [-0.2, -0.15) is 0 Å². The molecule has 2 aromatic carbocycles. The van der Waals surface area contributed by atoms with Crippen LogP contribution in [0.5, 0.6) is 0 Å². The number of fused-ring (bicyclic) bond motifs is 2. The third-order valence-corrected chi connectivity index (χ3v) is 4.91. The van der Waals surface area contributed by atoms with Crippen molar-refractivity contribution >= 4 is 23.4 Å². The summed E-state index contributed by atoms with van der Waals surface area (Å²) >= 11 is 0. The molecule has 0 aromatic heterocycles. The Bertz CT molecular complexity index is 796. The van der Waals surface area contributed by atoms with Crippen LogP contribution in [0.25, 0.3) is 0 Å². The second-order valence-electron chi connectivity index (χ2n) is 7.30. The zero-order valence-electron chi connectivity index (χ0n) is 19.5. The highest BCUT2D eigenvalue weighted by atomic mass is 16.2. The summed E-state index contributed by atoms with van der Waals surface area (Å²) in [6.45, 7) is 4.14. The maximum absolute atomic E-state index is 12.1. The van der Waals surface area contributed by atoms with E-state index in [9.17, 15) is 19.2 Å². The fourth-order valence-corrected chi connectivity index (χ4v) is 2.97. The number of nitrogens with one attached hydrogen (secondary N) is 2. The van der Waals surface area contributed by atoms with Gasteiger partial charge in [0.15, 0.2) is 11.6 Å². The van der Waals surface area contributed by atoms with Crippen molar-refractivity contribution in [3.8, 4) is 0 Å². The highest BCUT2D eigenvalue weighted by molar-refractivity contribution is 6.28. The molecule has 3 rings (SSSR count). The molecule has 0 aliphatic heterocycles. The van der Waals surface area contributed by atoms with E-state index in [0.717, 1.165) is 25.7 Å². The molecule has 0 heterocycles. The molecule has 0 saturated heterocycles. The molecule has 0 radical (unpaired) electrons. The van der Waals surface area contributed by atoms with Crippen LogP contribution in [0, 0.1) is 0 Å².